The minimum atomic E-state index is -0.722. The molecule has 0 radical (unpaired) electrons. The normalized spacial score (nSPS) is 18.0. The molecule has 3 nitrogen and oxygen atoms in total. The van der Waals surface area contributed by atoms with Crippen LogP contribution in [0.2, 0.25) is 5.02 Å². The zero-order chi connectivity index (χ0) is 12.0. The Labute approximate surface area is 104 Å². The van der Waals surface area contributed by atoms with Crippen LogP contribution in [0.25, 0.3) is 11.0 Å². The molecule has 3 rings (SSSR count). The van der Waals surface area contributed by atoms with Gasteiger partial charge in [0, 0.05) is 5.39 Å². The Bertz CT molecular complexity index is 598. The number of nitrogens with two attached hydrogens (primary N) is 1. The molecule has 1 aromatic carbocycles. The van der Waals surface area contributed by atoms with Gasteiger partial charge in [0.05, 0.1) is 10.6 Å². The molecule has 2 N–H and O–H groups in total. The van der Waals surface area contributed by atoms with E-state index in [1.165, 1.54) is 0 Å². The number of fused-ring (bicyclic) bond motifs is 1. The Balaban J connectivity index is 2.07. The molecular weight excluding hydrogens is 238 g/mol. The lowest BCUT2D eigenvalue weighted by Gasteiger charge is -2.35. The molecule has 4 heteroatoms. The number of para-hydroxylation sites is 1. The van der Waals surface area contributed by atoms with Gasteiger partial charge in [0.15, 0.2) is 11.3 Å². The van der Waals surface area contributed by atoms with E-state index in [1.807, 2.05) is 12.1 Å². The SMILES string of the molecule is NC1(C(=O)c2cc3cccc(Cl)c3o2)CCC1. The molecule has 0 unspecified atom stereocenters. The summed E-state index contributed by atoms with van der Waals surface area (Å²) < 4.78 is 5.52. The van der Waals surface area contributed by atoms with Gasteiger partial charge in [-0.2, -0.15) is 0 Å². The van der Waals surface area contributed by atoms with Crippen molar-refractivity contribution in [3.8, 4) is 0 Å². The standard InChI is InChI=1S/C13H12ClNO2/c14-9-4-1-3-8-7-10(17-11(8)9)12(16)13(15)5-2-6-13/h1,3-4,7H,2,5-6,15H2. The van der Waals surface area contributed by atoms with Gasteiger partial charge in [-0.05, 0) is 31.4 Å². The number of furan rings is 1. The van der Waals surface area contributed by atoms with Crippen molar-refractivity contribution in [2.45, 2.75) is 24.8 Å². The summed E-state index contributed by atoms with van der Waals surface area (Å²) in [6, 6.07) is 7.15. The second-order valence-electron chi connectivity index (χ2n) is 4.61. The third-order valence-electron chi connectivity index (χ3n) is 3.42. The predicted octanol–water partition coefficient (Wildman–Crippen LogP) is 3.15. The Kier molecular flexibility index (Phi) is 2.28. The number of halogens is 1. The summed E-state index contributed by atoms with van der Waals surface area (Å²) >= 11 is 6.00. The summed E-state index contributed by atoms with van der Waals surface area (Å²) in [6.45, 7) is 0. The number of ketones is 1. The van der Waals surface area contributed by atoms with Crippen LogP contribution >= 0.6 is 11.6 Å². The lowest BCUT2D eigenvalue weighted by molar-refractivity contribution is 0.0773. The maximum Gasteiger partial charge on any atom is 0.217 e. The summed E-state index contributed by atoms with van der Waals surface area (Å²) in [5.74, 6) is 0.200. The van der Waals surface area contributed by atoms with Crippen LogP contribution in [-0.4, -0.2) is 11.3 Å². The van der Waals surface area contributed by atoms with E-state index in [2.05, 4.69) is 0 Å². The van der Waals surface area contributed by atoms with E-state index in [0.29, 0.717) is 16.4 Å². The highest BCUT2D eigenvalue weighted by atomic mass is 35.5. The zero-order valence-electron chi connectivity index (χ0n) is 9.20. The molecule has 0 spiro atoms. The molecule has 1 aliphatic rings. The predicted molar refractivity (Wildman–Crippen MR) is 66.3 cm³/mol. The quantitative estimate of drug-likeness (QED) is 0.832. The van der Waals surface area contributed by atoms with Crippen molar-refractivity contribution in [1.29, 1.82) is 0 Å². The number of hydrogen-bond donors (Lipinski definition) is 1. The van der Waals surface area contributed by atoms with Crippen molar-refractivity contribution in [2.75, 3.05) is 0 Å². The van der Waals surface area contributed by atoms with Crippen LogP contribution in [-0.2, 0) is 0 Å². The highest BCUT2D eigenvalue weighted by Crippen LogP contribution is 2.35. The molecule has 0 amide bonds. The van der Waals surface area contributed by atoms with Gasteiger partial charge in [-0.15, -0.1) is 0 Å². The molecule has 1 aromatic heterocycles. The molecular formula is C13H12ClNO2. The van der Waals surface area contributed by atoms with Crippen molar-refractivity contribution in [3.05, 3.63) is 35.0 Å². The smallest absolute Gasteiger partial charge is 0.217 e. The fraction of sp³-hybridized carbons (Fsp3) is 0.308. The van der Waals surface area contributed by atoms with E-state index >= 15 is 0 Å². The highest BCUT2D eigenvalue weighted by Gasteiger charge is 2.42. The van der Waals surface area contributed by atoms with Crippen LogP contribution in [0.5, 0.6) is 0 Å². The van der Waals surface area contributed by atoms with Crippen molar-refractivity contribution < 1.29 is 9.21 Å². The van der Waals surface area contributed by atoms with E-state index in [4.69, 9.17) is 21.8 Å². The summed E-state index contributed by atoms with van der Waals surface area (Å²) in [7, 11) is 0. The Morgan fingerprint density at radius 2 is 2.18 bits per heavy atom. The van der Waals surface area contributed by atoms with Crippen LogP contribution in [0.4, 0.5) is 0 Å². The first kappa shape index (κ1) is 10.8. The number of carbonyl (C=O) groups is 1. The lowest BCUT2D eigenvalue weighted by atomic mass is 9.74. The summed E-state index contributed by atoms with van der Waals surface area (Å²) in [5.41, 5.74) is 5.83. The second-order valence-corrected chi connectivity index (χ2v) is 5.01. The second kappa shape index (κ2) is 3.59. The summed E-state index contributed by atoms with van der Waals surface area (Å²) in [5, 5.41) is 1.35. The van der Waals surface area contributed by atoms with Gasteiger partial charge in [0.2, 0.25) is 5.78 Å². The monoisotopic (exact) mass is 249 g/mol. The maximum absolute atomic E-state index is 12.2. The molecule has 0 atom stereocenters. The zero-order valence-corrected chi connectivity index (χ0v) is 9.96. The van der Waals surface area contributed by atoms with Crippen LogP contribution in [0.1, 0.15) is 29.8 Å². The minimum absolute atomic E-state index is 0.115. The van der Waals surface area contributed by atoms with Gasteiger partial charge in [-0.3, -0.25) is 4.79 Å². The van der Waals surface area contributed by atoms with Gasteiger partial charge in [-0.1, -0.05) is 23.7 Å². The third kappa shape index (κ3) is 1.58. The first-order valence-electron chi connectivity index (χ1n) is 5.62. The molecule has 17 heavy (non-hydrogen) atoms. The van der Waals surface area contributed by atoms with Crippen molar-refractivity contribution >= 4 is 28.4 Å². The number of rotatable bonds is 2. The maximum atomic E-state index is 12.2. The van der Waals surface area contributed by atoms with E-state index in [9.17, 15) is 4.79 Å². The van der Waals surface area contributed by atoms with Gasteiger partial charge in [-0.25, -0.2) is 0 Å². The summed E-state index contributed by atoms with van der Waals surface area (Å²) in [6.07, 6.45) is 2.47. The van der Waals surface area contributed by atoms with Crippen LogP contribution in [0.15, 0.2) is 28.7 Å². The first-order valence-corrected chi connectivity index (χ1v) is 6.00. The number of carbonyl (C=O) groups excluding carboxylic acids is 1. The fourth-order valence-electron chi connectivity index (χ4n) is 2.17. The van der Waals surface area contributed by atoms with Gasteiger partial charge >= 0.3 is 0 Å². The molecule has 0 aliphatic heterocycles. The number of benzene rings is 1. The molecule has 0 bridgehead atoms. The van der Waals surface area contributed by atoms with Crippen molar-refractivity contribution in [1.82, 2.24) is 0 Å². The largest absolute Gasteiger partial charge is 0.451 e. The van der Waals surface area contributed by atoms with Crippen LogP contribution in [0.3, 0.4) is 0 Å². The van der Waals surface area contributed by atoms with Gasteiger partial charge in [0.25, 0.3) is 0 Å². The average Bonchev–Trinajstić information content (AvgIpc) is 2.70. The minimum Gasteiger partial charge on any atom is -0.451 e. The Morgan fingerprint density at radius 3 is 2.76 bits per heavy atom. The highest BCUT2D eigenvalue weighted by molar-refractivity contribution is 6.34. The van der Waals surface area contributed by atoms with E-state index in [0.717, 1.165) is 24.6 Å². The van der Waals surface area contributed by atoms with Gasteiger partial charge in [0.1, 0.15) is 0 Å². The lowest BCUT2D eigenvalue weighted by Crippen LogP contribution is -2.53. The van der Waals surface area contributed by atoms with Crippen LogP contribution in [0, 0.1) is 0 Å². The Hall–Kier alpha value is -1.32. The first-order chi connectivity index (χ1) is 8.10. The van der Waals surface area contributed by atoms with Crippen molar-refractivity contribution in [3.63, 3.8) is 0 Å². The topological polar surface area (TPSA) is 56.2 Å². The molecule has 88 valence electrons. The molecule has 1 aliphatic carbocycles. The van der Waals surface area contributed by atoms with Crippen LogP contribution < -0.4 is 5.73 Å². The molecule has 0 saturated heterocycles. The van der Waals surface area contributed by atoms with E-state index < -0.39 is 5.54 Å². The number of Topliss-reactive ketones (excluding diaryl/α,β-unsaturated/α-hetero) is 1. The van der Waals surface area contributed by atoms with E-state index in [-0.39, 0.29) is 5.78 Å². The molecule has 2 aromatic rings. The Morgan fingerprint density at radius 1 is 1.41 bits per heavy atom. The molecule has 1 saturated carbocycles. The molecule has 1 heterocycles. The van der Waals surface area contributed by atoms with Gasteiger partial charge < -0.3 is 10.2 Å². The average molecular weight is 250 g/mol. The number of hydrogen-bond acceptors (Lipinski definition) is 3. The third-order valence-corrected chi connectivity index (χ3v) is 3.72. The molecule has 1 fully saturated rings. The van der Waals surface area contributed by atoms with E-state index in [1.54, 1.807) is 12.1 Å². The fourth-order valence-corrected chi connectivity index (χ4v) is 2.39. The van der Waals surface area contributed by atoms with Crippen molar-refractivity contribution in [2.24, 2.45) is 5.73 Å². The summed E-state index contributed by atoms with van der Waals surface area (Å²) in [4.78, 5) is 12.2.